The van der Waals surface area contributed by atoms with Crippen LogP contribution in [0.2, 0.25) is 0 Å². The van der Waals surface area contributed by atoms with E-state index in [2.05, 4.69) is 31.5 Å². The zero-order chi connectivity index (χ0) is 33.2. The smallest absolute Gasteiger partial charge is 0.248 e. The normalized spacial score (nSPS) is 12.0. The maximum absolute atomic E-state index is 12.6. The molecule has 0 fully saturated rings. The van der Waals surface area contributed by atoms with Crippen LogP contribution in [0.15, 0.2) is 114 Å². The highest BCUT2D eigenvalue weighted by Crippen LogP contribution is 2.26. The summed E-state index contributed by atoms with van der Waals surface area (Å²) in [5.74, 6) is -0.595. The predicted molar refractivity (Wildman–Crippen MR) is 178 cm³/mol. The van der Waals surface area contributed by atoms with Crippen LogP contribution < -0.4 is 21.3 Å². The van der Waals surface area contributed by atoms with Gasteiger partial charge in [0.1, 0.15) is 12.1 Å². The Labute approximate surface area is 271 Å². The lowest BCUT2D eigenvalue weighted by Crippen LogP contribution is -2.42. The highest BCUT2D eigenvalue weighted by atomic mass is 16.4. The molecule has 4 aromatic carbocycles. The maximum atomic E-state index is 12.6. The van der Waals surface area contributed by atoms with Crippen LogP contribution in [-0.4, -0.2) is 45.9 Å². The Morgan fingerprint density at radius 2 is 0.915 bits per heavy atom. The van der Waals surface area contributed by atoms with Crippen LogP contribution in [0.5, 0.6) is 0 Å². The van der Waals surface area contributed by atoms with Crippen molar-refractivity contribution in [2.45, 2.75) is 38.8 Å². The number of benzene rings is 4. The number of rotatable bonds is 12. The second kappa shape index (κ2) is 15.3. The molecule has 0 spiro atoms. The molecule has 0 saturated heterocycles. The molecule has 5 rings (SSSR count). The number of nitrogens with zero attached hydrogens (tertiary/aromatic N) is 2. The van der Waals surface area contributed by atoms with Crippen LogP contribution in [0.3, 0.4) is 0 Å². The second-order valence-electron chi connectivity index (χ2n) is 10.9. The van der Waals surface area contributed by atoms with Crippen LogP contribution in [0.4, 0.5) is 11.4 Å². The summed E-state index contributed by atoms with van der Waals surface area (Å²) in [4.78, 5) is 49.9. The summed E-state index contributed by atoms with van der Waals surface area (Å²) in [6.07, 6.45) is 0.381. The largest absolute Gasteiger partial charge is 0.416 e. The molecule has 0 aliphatic carbocycles. The van der Waals surface area contributed by atoms with Gasteiger partial charge in [-0.1, -0.05) is 60.7 Å². The van der Waals surface area contributed by atoms with Gasteiger partial charge in [-0.3, -0.25) is 19.2 Å². The average Bonchev–Trinajstić information content (AvgIpc) is 3.56. The van der Waals surface area contributed by atoms with Gasteiger partial charge in [-0.15, -0.1) is 10.2 Å². The van der Waals surface area contributed by atoms with E-state index in [1.54, 1.807) is 62.4 Å². The van der Waals surface area contributed by atoms with E-state index >= 15 is 0 Å². The van der Waals surface area contributed by atoms with Crippen LogP contribution in [0, 0.1) is 0 Å². The quantitative estimate of drug-likeness (QED) is 0.155. The fraction of sp³-hybridized carbons (Fsp3) is 0.167. The summed E-state index contributed by atoms with van der Waals surface area (Å²) in [5.41, 5.74) is 4.13. The van der Waals surface area contributed by atoms with Gasteiger partial charge in [0.2, 0.25) is 35.4 Å². The Bertz CT molecular complexity index is 1690. The van der Waals surface area contributed by atoms with E-state index in [-0.39, 0.29) is 48.3 Å². The molecule has 0 aliphatic rings. The van der Waals surface area contributed by atoms with Gasteiger partial charge < -0.3 is 25.7 Å². The van der Waals surface area contributed by atoms with Crippen molar-refractivity contribution >= 4 is 35.0 Å². The van der Waals surface area contributed by atoms with E-state index < -0.39 is 12.1 Å². The maximum Gasteiger partial charge on any atom is 0.248 e. The first kappa shape index (κ1) is 32.3. The lowest BCUT2D eigenvalue weighted by atomic mass is 10.1. The number of nitrogens with one attached hydrogen (secondary N) is 4. The molecule has 238 valence electrons. The molecule has 2 atom stereocenters. The summed E-state index contributed by atoms with van der Waals surface area (Å²) in [6.45, 7) is 3.25. The highest BCUT2D eigenvalue weighted by Gasteiger charge is 2.18. The summed E-state index contributed by atoms with van der Waals surface area (Å²) >= 11 is 0. The third kappa shape index (κ3) is 9.21. The van der Waals surface area contributed by atoms with Gasteiger partial charge in [0.05, 0.1) is 12.8 Å². The molecule has 0 saturated carbocycles. The number of amides is 4. The first-order valence-electron chi connectivity index (χ1n) is 15.1. The Morgan fingerprint density at radius 1 is 0.553 bits per heavy atom. The van der Waals surface area contributed by atoms with Crippen molar-refractivity contribution in [3.8, 4) is 22.9 Å². The molecule has 0 aliphatic heterocycles. The molecule has 0 bridgehead atoms. The van der Waals surface area contributed by atoms with E-state index in [9.17, 15) is 19.2 Å². The van der Waals surface area contributed by atoms with Crippen LogP contribution >= 0.6 is 0 Å². The first-order valence-corrected chi connectivity index (χ1v) is 15.1. The summed E-state index contributed by atoms with van der Waals surface area (Å²) in [6, 6.07) is 31.0. The molecule has 1 aromatic heterocycles. The second-order valence-corrected chi connectivity index (χ2v) is 10.9. The molecule has 11 nitrogen and oxygen atoms in total. The van der Waals surface area contributed by atoms with Crippen molar-refractivity contribution in [3.63, 3.8) is 0 Å². The molecule has 11 heteroatoms. The Hall–Kier alpha value is -6.10. The summed E-state index contributed by atoms with van der Waals surface area (Å²) in [7, 11) is 0. The van der Waals surface area contributed by atoms with E-state index in [0.29, 0.717) is 22.5 Å². The highest BCUT2D eigenvalue weighted by molar-refractivity contribution is 5.98. The molecule has 47 heavy (non-hydrogen) atoms. The average molecular weight is 631 g/mol. The van der Waals surface area contributed by atoms with Crippen LogP contribution in [0.25, 0.3) is 22.9 Å². The number of anilines is 2. The zero-order valence-corrected chi connectivity index (χ0v) is 25.9. The Morgan fingerprint density at radius 3 is 1.28 bits per heavy atom. The number of hydrogen-bond donors (Lipinski definition) is 4. The van der Waals surface area contributed by atoms with Crippen LogP contribution in [0.1, 0.15) is 25.0 Å². The lowest BCUT2D eigenvalue weighted by molar-refractivity contribution is -0.125. The number of hydrogen-bond acceptors (Lipinski definition) is 7. The number of aromatic nitrogens is 2. The van der Waals surface area contributed by atoms with Gasteiger partial charge in [-0.25, -0.2) is 0 Å². The molecule has 1 heterocycles. The molecular weight excluding hydrogens is 596 g/mol. The van der Waals surface area contributed by atoms with Crippen molar-refractivity contribution in [1.82, 2.24) is 20.8 Å². The predicted octanol–water partition coefficient (Wildman–Crippen LogP) is 4.78. The number of carbonyl (C=O) groups excluding carboxylic acids is 4. The monoisotopic (exact) mass is 630 g/mol. The standard InChI is InChI=1S/C36H34N6O5/c1-23(37-31(43)21-25-9-5-3-6-10-25)33(45)39-29-17-13-27(14-18-29)35-41-42-36(47-35)28-15-19-30(20-16-28)40-34(46)24(2)38-32(44)22-26-11-7-4-8-12-26/h3-20,23-24H,21-22H2,1-2H3,(H,37,43)(H,38,44)(H,39,45)(H,40,46)/t23-,24-/m0/s1. The van der Waals surface area contributed by atoms with E-state index in [0.717, 1.165) is 11.1 Å². The van der Waals surface area contributed by atoms with Crippen molar-refractivity contribution in [2.24, 2.45) is 0 Å². The topological polar surface area (TPSA) is 155 Å². The van der Waals surface area contributed by atoms with E-state index in [1.807, 2.05) is 60.7 Å². The number of carbonyl (C=O) groups is 4. The Kier molecular flexibility index (Phi) is 10.5. The minimum absolute atomic E-state index is 0.191. The zero-order valence-electron chi connectivity index (χ0n) is 25.9. The van der Waals surface area contributed by atoms with Gasteiger partial charge in [0, 0.05) is 22.5 Å². The molecule has 0 radical (unpaired) electrons. The first-order chi connectivity index (χ1) is 22.7. The van der Waals surface area contributed by atoms with Gasteiger partial charge in [0.15, 0.2) is 0 Å². The Balaban J connectivity index is 1.10. The minimum Gasteiger partial charge on any atom is -0.416 e. The third-order valence-corrected chi connectivity index (χ3v) is 7.18. The summed E-state index contributed by atoms with van der Waals surface area (Å²) in [5, 5.41) is 19.3. The fourth-order valence-electron chi connectivity index (χ4n) is 4.63. The third-order valence-electron chi connectivity index (χ3n) is 7.18. The molecular formula is C36H34N6O5. The van der Waals surface area contributed by atoms with Crippen molar-refractivity contribution in [1.29, 1.82) is 0 Å². The SMILES string of the molecule is C[C@H](NC(=O)Cc1ccccc1)C(=O)Nc1ccc(-c2nnc(-c3ccc(NC(=O)[C@H](C)NC(=O)Cc4ccccc4)cc3)o2)cc1. The van der Waals surface area contributed by atoms with Crippen molar-refractivity contribution in [3.05, 3.63) is 120 Å². The van der Waals surface area contributed by atoms with Crippen molar-refractivity contribution < 1.29 is 23.6 Å². The van der Waals surface area contributed by atoms with Gasteiger partial charge in [-0.2, -0.15) is 0 Å². The van der Waals surface area contributed by atoms with E-state index in [4.69, 9.17) is 4.42 Å². The molecule has 4 N–H and O–H groups in total. The minimum atomic E-state index is -0.724. The fourth-order valence-corrected chi connectivity index (χ4v) is 4.63. The van der Waals surface area contributed by atoms with E-state index in [1.165, 1.54) is 0 Å². The molecule has 5 aromatic rings. The lowest BCUT2D eigenvalue weighted by Gasteiger charge is -2.14. The molecule has 0 unspecified atom stereocenters. The summed E-state index contributed by atoms with van der Waals surface area (Å²) < 4.78 is 5.87. The molecule has 4 amide bonds. The van der Waals surface area contributed by atoms with Crippen LogP contribution in [-0.2, 0) is 32.0 Å². The van der Waals surface area contributed by atoms with Gasteiger partial charge in [0.25, 0.3) is 0 Å². The van der Waals surface area contributed by atoms with Gasteiger partial charge in [-0.05, 0) is 73.5 Å². The van der Waals surface area contributed by atoms with Gasteiger partial charge >= 0.3 is 0 Å². The van der Waals surface area contributed by atoms with Crippen molar-refractivity contribution in [2.75, 3.05) is 10.6 Å².